The number of hydrogen-bond acceptors (Lipinski definition) is 7. The topological polar surface area (TPSA) is 85.3 Å². The molecule has 2 N–H and O–H groups in total. The van der Waals surface area contributed by atoms with Crippen LogP contribution in [0.25, 0.3) is 10.9 Å². The first kappa shape index (κ1) is 21.3. The molecule has 5 heterocycles. The molecule has 0 saturated carbocycles. The minimum atomic E-state index is 0.283. The van der Waals surface area contributed by atoms with E-state index >= 15 is 0 Å². The number of rotatable bonds is 3. The lowest BCUT2D eigenvalue weighted by Crippen LogP contribution is -2.60. The minimum Gasteiger partial charge on any atom is -0.368 e. The number of benzene rings is 1. The van der Waals surface area contributed by atoms with Crippen LogP contribution in [0.1, 0.15) is 36.8 Å². The van der Waals surface area contributed by atoms with Crippen LogP contribution >= 0.6 is 0 Å². The molecule has 3 unspecified atom stereocenters. The van der Waals surface area contributed by atoms with Crippen molar-refractivity contribution in [1.82, 2.24) is 14.9 Å². The Morgan fingerprint density at radius 1 is 1.03 bits per heavy atom. The van der Waals surface area contributed by atoms with Crippen LogP contribution in [0.3, 0.4) is 0 Å². The SMILES string of the molecule is CC1CN(c2ccc(C#N)c3ncccc23)CC2CC(c3ccc(N4CC(N)C4)nc3)CCN12. The van der Waals surface area contributed by atoms with Crippen molar-refractivity contribution in [2.24, 2.45) is 5.73 Å². The summed E-state index contributed by atoms with van der Waals surface area (Å²) < 4.78 is 0. The summed E-state index contributed by atoms with van der Waals surface area (Å²) in [7, 11) is 0. The molecule has 0 aliphatic carbocycles. The van der Waals surface area contributed by atoms with Gasteiger partial charge < -0.3 is 15.5 Å². The first-order chi connectivity index (χ1) is 16.6. The summed E-state index contributed by atoms with van der Waals surface area (Å²) in [5.41, 5.74) is 9.91. The number of nitrogens with zero attached hydrogens (tertiary/aromatic N) is 6. The number of fused-ring (bicyclic) bond motifs is 2. The van der Waals surface area contributed by atoms with E-state index in [-0.39, 0.29) is 6.04 Å². The van der Waals surface area contributed by atoms with E-state index < -0.39 is 0 Å². The maximum absolute atomic E-state index is 9.52. The third-order valence-corrected chi connectivity index (χ3v) is 7.93. The van der Waals surface area contributed by atoms with E-state index in [1.165, 1.54) is 17.7 Å². The lowest BCUT2D eigenvalue weighted by atomic mass is 9.83. The molecule has 0 radical (unpaired) electrons. The van der Waals surface area contributed by atoms with Gasteiger partial charge in [0.15, 0.2) is 0 Å². The molecular formula is C27H31N7. The van der Waals surface area contributed by atoms with Gasteiger partial charge in [-0.25, -0.2) is 4.98 Å². The molecule has 0 bridgehead atoms. The van der Waals surface area contributed by atoms with E-state index in [4.69, 9.17) is 10.7 Å². The van der Waals surface area contributed by atoms with Crippen molar-refractivity contribution < 1.29 is 0 Å². The third-order valence-electron chi connectivity index (χ3n) is 7.93. The number of nitriles is 1. The van der Waals surface area contributed by atoms with Gasteiger partial charge in [-0.2, -0.15) is 5.26 Å². The molecule has 2 aromatic heterocycles. The van der Waals surface area contributed by atoms with Gasteiger partial charge in [0.05, 0.1) is 11.1 Å². The standard InChI is InChI=1S/C27H31N7/c1-18-14-32(25-6-4-20(12-28)27-24(25)3-2-9-30-27)17-23-11-19(8-10-34(18)23)21-5-7-26(31-13-21)33-15-22(29)16-33/h2-7,9,13,18-19,22-23H,8,10-11,14-17,29H2,1H3. The van der Waals surface area contributed by atoms with E-state index in [0.29, 0.717) is 23.6 Å². The predicted molar refractivity (Wildman–Crippen MR) is 135 cm³/mol. The summed E-state index contributed by atoms with van der Waals surface area (Å²) in [5, 5.41) is 10.6. The maximum Gasteiger partial charge on any atom is 0.128 e. The summed E-state index contributed by atoms with van der Waals surface area (Å²) in [4.78, 5) is 16.7. The average molecular weight is 454 g/mol. The molecule has 0 amide bonds. The van der Waals surface area contributed by atoms with Gasteiger partial charge in [0.25, 0.3) is 0 Å². The minimum absolute atomic E-state index is 0.283. The second-order valence-electron chi connectivity index (χ2n) is 10.1. The van der Waals surface area contributed by atoms with Gasteiger partial charge in [-0.15, -0.1) is 0 Å². The fraction of sp³-hybridized carbons (Fsp3) is 0.444. The highest BCUT2D eigenvalue weighted by Crippen LogP contribution is 2.37. The van der Waals surface area contributed by atoms with E-state index in [2.05, 4.69) is 63.1 Å². The second kappa shape index (κ2) is 8.53. The van der Waals surface area contributed by atoms with E-state index in [1.807, 2.05) is 12.1 Å². The molecule has 3 saturated heterocycles. The lowest BCUT2D eigenvalue weighted by Gasteiger charge is -2.50. The van der Waals surface area contributed by atoms with Crippen LogP contribution in [0, 0.1) is 11.3 Å². The predicted octanol–water partition coefficient (Wildman–Crippen LogP) is 3.11. The fourth-order valence-corrected chi connectivity index (χ4v) is 6.13. The Morgan fingerprint density at radius 3 is 2.68 bits per heavy atom. The zero-order valence-electron chi connectivity index (χ0n) is 19.6. The average Bonchev–Trinajstić information content (AvgIpc) is 2.86. The third kappa shape index (κ3) is 3.67. The van der Waals surface area contributed by atoms with E-state index in [0.717, 1.165) is 55.9 Å². The zero-order valence-corrected chi connectivity index (χ0v) is 19.6. The Bertz CT molecular complexity index is 1230. The van der Waals surface area contributed by atoms with E-state index in [9.17, 15) is 5.26 Å². The van der Waals surface area contributed by atoms with Crippen molar-refractivity contribution in [2.45, 2.75) is 43.8 Å². The van der Waals surface area contributed by atoms with E-state index in [1.54, 1.807) is 6.20 Å². The second-order valence-corrected chi connectivity index (χ2v) is 10.1. The molecular weight excluding hydrogens is 422 g/mol. The highest BCUT2D eigenvalue weighted by Gasteiger charge is 2.38. The van der Waals surface area contributed by atoms with Gasteiger partial charge in [0.1, 0.15) is 11.9 Å². The van der Waals surface area contributed by atoms with Crippen LogP contribution in [0.5, 0.6) is 0 Å². The van der Waals surface area contributed by atoms with Crippen LogP contribution in [0.2, 0.25) is 0 Å². The monoisotopic (exact) mass is 453 g/mol. The Labute approximate surface area is 200 Å². The van der Waals surface area contributed by atoms with Crippen molar-refractivity contribution in [2.75, 3.05) is 42.5 Å². The number of hydrogen-bond donors (Lipinski definition) is 1. The molecule has 7 nitrogen and oxygen atoms in total. The van der Waals surface area contributed by atoms with Crippen LogP contribution in [-0.4, -0.2) is 65.7 Å². The Kier molecular flexibility index (Phi) is 5.35. The highest BCUT2D eigenvalue weighted by atomic mass is 15.3. The van der Waals surface area contributed by atoms with Gasteiger partial charge in [-0.1, -0.05) is 6.07 Å². The van der Waals surface area contributed by atoms with Gasteiger partial charge in [-0.3, -0.25) is 9.88 Å². The van der Waals surface area contributed by atoms with Gasteiger partial charge in [0, 0.05) is 67.8 Å². The molecule has 3 aliphatic rings. The number of piperidine rings is 1. The Hall–Kier alpha value is -3.21. The molecule has 0 spiro atoms. The molecule has 3 atom stereocenters. The first-order valence-electron chi connectivity index (χ1n) is 12.4. The zero-order chi connectivity index (χ0) is 23.2. The molecule has 7 heteroatoms. The van der Waals surface area contributed by atoms with Gasteiger partial charge in [0.2, 0.25) is 0 Å². The summed E-state index contributed by atoms with van der Waals surface area (Å²) in [6, 6.07) is 16.1. The summed E-state index contributed by atoms with van der Waals surface area (Å²) in [6.45, 7) is 7.26. The Balaban J connectivity index is 1.22. The summed E-state index contributed by atoms with van der Waals surface area (Å²) in [5.74, 6) is 1.58. The quantitative estimate of drug-likeness (QED) is 0.652. The van der Waals surface area contributed by atoms with Crippen LogP contribution in [-0.2, 0) is 0 Å². The van der Waals surface area contributed by atoms with Gasteiger partial charge in [-0.05, 0) is 68.1 Å². The number of aromatic nitrogens is 2. The highest BCUT2D eigenvalue weighted by molar-refractivity contribution is 5.95. The lowest BCUT2D eigenvalue weighted by molar-refractivity contribution is 0.0765. The molecule has 3 fully saturated rings. The van der Waals surface area contributed by atoms with Crippen LogP contribution in [0.15, 0.2) is 48.8 Å². The first-order valence-corrected chi connectivity index (χ1v) is 12.4. The Morgan fingerprint density at radius 2 is 1.91 bits per heavy atom. The maximum atomic E-state index is 9.52. The number of anilines is 2. The number of nitrogens with two attached hydrogens (primary N) is 1. The van der Waals surface area contributed by atoms with Crippen molar-refractivity contribution in [3.63, 3.8) is 0 Å². The molecule has 174 valence electrons. The van der Waals surface area contributed by atoms with Crippen molar-refractivity contribution in [3.05, 3.63) is 59.9 Å². The molecule has 6 rings (SSSR count). The van der Waals surface area contributed by atoms with Crippen molar-refractivity contribution >= 4 is 22.4 Å². The molecule has 34 heavy (non-hydrogen) atoms. The van der Waals surface area contributed by atoms with Crippen molar-refractivity contribution in [1.29, 1.82) is 5.26 Å². The van der Waals surface area contributed by atoms with Crippen molar-refractivity contribution in [3.8, 4) is 6.07 Å². The molecule has 3 aromatic rings. The molecule has 1 aromatic carbocycles. The summed E-state index contributed by atoms with van der Waals surface area (Å²) >= 11 is 0. The summed E-state index contributed by atoms with van der Waals surface area (Å²) in [6.07, 6.45) is 6.18. The smallest absolute Gasteiger partial charge is 0.128 e. The fourth-order valence-electron chi connectivity index (χ4n) is 6.13. The normalized spacial score (nSPS) is 25.6. The number of piperazine rings is 1. The largest absolute Gasteiger partial charge is 0.368 e. The number of pyridine rings is 2. The molecule has 3 aliphatic heterocycles. The van der Waals surface area contributed by atoms with Crippen LogP contribution in [0.4, 0.5) is 11.5 Å². The van der Waals surface area contributed by atoms with Crippen LogP contribution < -0.4 is 15.5 Å². The van der Waals surface area contributed by atoms with Gasteiger partial charge >= 0.3 is 0 Å².